The molecule has 0 radical (unpaired) electrons. The molecule has 0 bridgehead atoms. The van der Waals surface area contributed by atoms with Crippen molar-refractivity contribution in [1.29, 1.82) is 0 Å². The third-order valence-corrected chi connectivity index (χ3v) is 6.22. The first-order chi connectivity index (χ1) is 13.8. The first-order valence-corrected chi connectivity index (χ1v) is 10.8. The van der Waals surface area contributed by atoms with E-state index in [2.05, 4.69) is 44.7 Å². The molecule has 6 nitrogen and oxygen atoms in total. The lowest BCUT2D eigenvalue weighted by molar-refractivity contribution is -0.120. The van der Waals surface area contributed by atoms with Crippen LogP contribution in [0.1, 0.15) is 42.9 Å². The second-order valence-electron chi connectivity index (χ2n) is 7.24. The number of hydrazone groups is 1. The van der Waals surface area contributed by atoms with Crippen molar-refractivity contribution in [2.45, 2.75) is 38.0 Å². The number of amides is 1. The summed E-state index contributed by atoms with van der Waals surface area (Å²) in [7, 11) is 0. The van der Waals surface area contributed by atoms with Crippen LogP contribution in [0.2, 0.25) is 0 Å². The number of carbonyl (C=O) groups is 1. The van der Waals surface area contributed by atoms with Gasteiger partial charge in [0.2, 0.25) is 5.91 Å². The summed E-state index contributed by atoms with van der Waals surface area (Å²) in [6.07, 6.45) is 4.63. The van der Waals surface area contributed by atoms with Crippen LogP contribution >= 0.6 is 11.3 Å². The van der Waals surface area contributed by atoms with Crippen molar-refractivity contribution in [2.24, 2.45) is 5.10 Å². The maximum Gasteiger partial charge on any atom is 0.246 e. The Balaban J connectivity index is 1.36. The van der Waals surface area contributed by atoms with E-state index in [-0.39, 0.29) is 12.3 Å². The maximum absolute atomic E-state index is 12.4. The molecular formula is C21H26N4O2S. The number of rotatable bonds is 5. The Bertz CT molecular complexity index is 815. The summed E-state index contributed by atoms with van der Waals surface area (Å²) in [4.78, 5) is 19.2. The van der Waals surface area contributed by atoms with Crippen LogP contribution in [-0.2, 0) is 16.0 Å². The van der Waals surface area contributed by atoms with E-state index < -0.39 is 0 Å². The molecule has 2 aromatic rings. The predicted molar refractivity (Wildman–Crippen MR) is 112 cm³/mol. The summed E-state index contributed by atoms with van der Waals surface area (Å²) in [6.45, 7) is 3.17. The number of benzene rings is 1. The number of anilines is 1. The smallest absolute Gasteiger partial charge is 0.246 e. The number of carbonyl (C=O) groups excluding carboxylic acids is 1. The van der Waals surface area contributed by atoms with Crippen molar-refractivity contribution >= 4 is 28.1 Å². The van der Waals surface area contributed by atoms with Gasteiger partial charge in [-0.2, -0.15) is 5.10 Å². The van der Waals surface area contributed by atoms with Crippen LogP contribution in [0, 0.1) is 0 Å². The summed E-state index contributed by atoms with van der Waals surface area (Å²) in [5, 5.41) is 7.43. The zero-order valence-corrected chi connectivity index (χ0v) is 16.8. The Kier molecular flexibility index (Phi) is 6.34. The van der Waals surface area contributed by atoms with Crippen molar-refractivity contribution in [1.82, 2.24) is 10.4 Å². The number of nitrogens with one attached hydrogen (secondary N) is 1. The number of hydrogen-bond donors (Lipinski definition) is 1. The molecule has 2 fully saturated rings. The zero-order valence-electron chi connectivity index (χ0n) is 16.0. The molecule has 1 aromatic heterocycles. The molecule has 4 rings (SSSR count). The lowest BCUT2D eigenvalue weighted by atomic mass is 9.82. The standard InChI is InChI=1S/C21H26N4O2S/c26-20(14-17-15-28-21(22-17)25-10-12-27-13-11-25)24-23-19-9-5-4-8-18(19)16-6-2-1-3-7-16/h1-3,6-7,15,18H,4-5,8-14H2,(H,24,26)/b23-19-/t18-/m0/s1. The first kappa shape index (κ1) is 19.1. The Hall–Kier alpha value is -2.25. The fourth-order valence-corrected chi connectivity index (χ4v) is 4.67. The van der Waals surface area contributed by atoms with Gasteiger partial charge in [-0.1, -0.05) is 36.8 Å². The molecule has 1 atom stereocenters. The maximum atomic E-state index is 12.4. The van der Waals surface area contributed by atoms with Crippen LogP contribution in [0.15, 0.2) is 40.8 Å². The molecule has 7 heteroatoms. The van der Waals surface area contributed by atoms with Crippen LogP contribution in [0.3, 0.4) is 0 Å². The second kappa shape index (κ2) is 9.30. The van der Waals surface area contributed by atoms with E-state index in [1.165, 1.54) is 12.0 Å². The van der Waals surface area contributed by atoms with E-state index in [0.717, 1.165) is 62.1 Å². The minimum atomic E-state index is -0.108. The summed E-state index contributed by atoms with van der Waals surface area (Å²) in [5.41, 5.74) is 5.93. The number of nitrogens with zero attached hydrogens (tertiary/aromatic N) is 3. The number of morpholine rings is 1. The van der Waals surface area contributed by atoms with Gasteiger partial charge >= 0.3 is 0 Å². The molecule has 2 aliphatic rings. The van der Waals surface area contributed by atoms with E-state index in [4.69, 9.17) is 4.74 Å². The fraction of sp³-hybridized carbons (Fsp3) is 0.476. The Morgan fingerprint density at radius 2 is 2.07 bits per heavy atom. The summed E-state index contributed by atoms with van der Waals surface area (Å²) in [5.74, 6) is 0.200. The third-order valence-electron chi connectivity index (χ3n) is 5.27. The van der Waals surface area contributed by atoms with Gasteiger partial charge in [-0.15, -0.1) is 11.3 Å². The molecule has 1 saturated heterocycles. The summed E-state index contributed by atoms with van der Waals surface area (Å²) in [6, 6.07) is 10.5. The van der Waals surface area contributed by atoms with Crippen molar-refractivity contribution in [3.8, 4) is 0 Å². The van der Waals surface area contributed by atoms with Gasteiger partial charge in [0.15, 0.2) is 5.13 Å². The molecule has 1 aromatic carbocycles. The van der Waals surface area contributed by atoms with Gasteiger partial charge < -0.3 is 9.64 Å². The van der Waals surface area contributed by atoms with Crippen LogP contribution in [0.4, 0.5) is 5.13 Å². The molecule has 0 unspecified atom stereocenters. The van der Waals surface area contributed by atoms with Crippen LogP contribution in [-0.4, -0.2) is 42.9 Å². The topological polar surface area (TPSA) is 66.8 Å². The lowest BCUT2D eigenvalue weighted by Gasteiger charge is -2.26. The van der Waals surface area contributed by atoms with E-state index in [9.17, 15) is 4.79 Å². The van der Waals surface area contributed by atoms with Gasteiger partial charge in [-0.05, 0) is 24.8 Å². The number of hydrogen-bond acceptors (Lipinski definition) is 6. The molecule has 1 aliphatic heterocycles. The van der Waals surface area contributed by atoms with Crippen LogP contribution in [0.5, 0.6) is 0 Å². The molecule has 1 saturated carbocycles. The van der Waals surface area contributed by atoms with Gasteiger partial charge in [-0.3, -0.25) is 4.79 Å². The SMILES string of the molecule is O=C(Cc1csc(N2CCOCC2)n1)N/N=C1/CCCC[C@H]1c1ccccc1. The van der Waals surface area contributed by atoms with E-state index in [1.807, 2.05) is 11.4 Å². The first-order valence-electron chi connectivity index (χ1n) is 9.97. The van der Waals surface area contributed by atoms with Gasteiger partial charge in [0.25, 0.3) is 0 Å². The fourth-order valence-electron chi connectivity index (χ4n) is 3.79. The highest BCUT2D eigenvalue weighted by Gasteiger charge is 2.22. The highest BCUT2D eigenvalue weighted by atomic mass is 32.1. The van der Waals surface area contributed by atoms with E-state index in [1.54, 1.807) is 11.3 Å². The van der Waals surface area contributed by atoms with Gasteiger partial charge in [0, 0.05) is 30.1 Å². The molecule has 148 valence electrons. The predicted octanol–water partition coefficient (Wildman–Crippen LogP) is 3.35. The molecular weight excluding hydrogens is 372 g/mol. The largest absolute Gasteiger partial charge is 0.378 e. The van der Waals surface area contributed by atoms with Crippen molar-refractivity contribution in [3.05, 3.63) is 47.0 Å². The van der Waals surface area contributed by atoms with Crippen molar-refractivity contribution in [3.63, 3.8) is 0 Å². The van der Waals surface area contributed by atoms with Crippen molar-refractivity contribution in [2.75, 3.05) is 31.2 Å². The minimum Gasteiger partial charge on any atom is -0.378 e. The van der Waals surface area contributed by atoms with E-state index in [0.29, 0.717) is 5.92 Å². The highest BCUT2D eigenvalue weighted by molar-refractivity contribution is 7.13. The molecule has 1 aliphatic carbocycles. The highest BCUT2D eigenvalue weighted by Crippen LogP contribution is 2.30. The average molecular weight is 399 g/mol. The molecule has 0 spiro atoms. The summed E-state index contributed by atoms with van der Waals surface area (Å²) < 4.78 is 5.38. The zero-order chi connectivity index (χ0) is 19.2. The third kappa shape index (κ3) is 4.77. The average Bonchev–Trinajstić information content (AvgIpc) is 3.22. The Morgan fingerprint density at radius 1 is 1.25 bits per heavy atom. The van der Waals surface area contributed by atoms with Crippen molar-refractivity contribution < 1.29 is 9.53 Å². The van der Waals surface area contributed by atoms with Gasteiger partial charge in [0.05, 0.1) is 25.3 Å². The second-order valence-corrected chi connectivity index (χ2v) is 8.08. The van der Waals surface area contributed by atoms with Crippen LogP contribution in [0.25, 0.3) is 0 Å². The quantitative estimate of drug-likeness (QED) is 0.785. The normalized spacial score (nSPS) is 21.6. The minimum absolute atomic E-state index is 0.108. The number of thiazole rings is 1. The van der Waals surface area contributed by atoms with Crippen LogP contribution < -0.4 is 10.3 Å². The number of ether oxygens (including phenoxy) is 1. The van der Waals surface area contributed by atoms with E-state index >= 15 is 0 Å². The summed E-state index contributed by atoms with van der Waals surface area (Å²) >= 11 is 1.59. The Labute approximate surface area is 169 Å². The monoisotopic (exact) mass is 398 g/mol. The molecule has 2 heterocycles. The molecule has 1 N–H and O–H groups in total. The molecule has 1 amide bonds. The molecule has 28 heavy (non-hydrogen) atoms. The number of aromatic nitrogens is 1. The Morgan fingerprint density at radius 3 is 2.89 bits per heavy atom. The van der Waals surface area contributed by atoms with Gasteiger partial charge in [0.1, 0.15) is 0 Å². The van der Waals surface area contributed by atoms with Gasteiger partial charge in [-0.25, -0.2) is 10.4 Å². The lowest BCUT2D eigenvalue weighted by Crippen LogP contribution is -2.36.